The SMILES string of the molecule is N=C1C=CC(c2ccc3c(-c4ccccc4)c4ccccc4c(-c4ccccc4)c3c2)=C/C1=N/Nc1ccc(-c2cccnc2)cc1. The van der Waals surface area contributed by atoms with Crippen molar-refractivity contribution in [2.45, 2.75) is 0 Å². The van der Waals surface area contributed by atoms with Crippen LogP contribution in [-0.2, 0) is 0 Å². The maximum absolute atomic E-state index is 8.59. The zero-order valence-electron chi connectivity index (χ0n) is 25.6. The van der Waals surface area contributed by atoms with Crippen LogP contribution in [0.3, 0.4) is 0 Å². The Kier molecular flexibility index (Phi) is 7.29. The highest BCUT2D eigenvalue weighted by Gasteiger charge is 2.18. The van der Waals surface area contributed by atoms with Gasteiger partial charge in [-0.2, -0.15) is 5.10 Å². The first-order valence-electron chi connectivity index (χ1n) is 15.7. The van der Waals surface area contributed by atoms with Crippen molar-refractivity contribution in [3.8, 4) is 33.4 Å². The Labute approximate surface area is 273 Å². The van der Waals surface area contributed by atoms with Gasteiger partial charge in [0.2, 0.25) is 0 Å². The smallest absolute Gasteiger partial charge is 0.109 e. The van der Waals surface area contributed by atoms with Crippen LogP contribution in [0.25, 0.3) is 60.5 Å². The molecule has 6 aromatic carbocycles. The van der Waals surface area contributed by atoms with Crippen molar-refractivity contribution in [2.24, 2.45) is 5.10 Å². The number of fused-ring (bicyclic) bond motifs is 2. The molecule has 0 unspecified atom stereocenters. The van der Waals surface area contributed by atoms with Gasteiger partial charge in [-0.3, -0.25) is 15.8 Å². The van der Waals surface area contributed by atoms with Gasteiger partial charge < -0.3 is 0 Å². The summed E-state index contributed by atoms with van der Waals surface area (Å²) in [6.07, 6.45) is 9.44. The van der Waals surface area contributed by atoms with Gasteiger partial charge in [0.1, 0.15) is 5.71 Å². The standard InChI is InChI=1S/C43H30N4/c44-40-24-20-33(27-41(40)47-46-35-21-17-29(18-22-35)34-14-9-25-45-28-34)32-19-23-38-39(26-32)43(31-12-5-2-6-13-31)37-16-8-7-15-36(37)42(38)30-10-3-1-4-11-30/h1-28,44,46H/b44-40?,47-41-. The lowest BCUT2D eigenvalue weighted by atomic mass is 9.84. The van der Waals surface area contributed by atoms with Crippen LogP contribution >= 0.6 is 0 Å². The fourth-order valence-electron chi connectivity index (χ4n) is 6.39. The zero-order chi connectivity index (χ0) is 31.6. The Morgan fingerprint density at radius 3 is 1.77 bits per heavy atom. The van der Waals surface area contributed by atoms with Crippen molar-refractivity contribution in [1.82, 2.24) is 4.98 Å². The maximum Gasteiger partial charge on any atom is 0.109 e. The number of anilines is 1. The summed E-state index contributed by atoms with van der Waals surface area (Å²) in [5.74, 6) is 0. The van der Waals surface area contributed by atoms with Gasteiger partial charge >= 0.3 is 0 Å². The third-order valence-corrected chi connectivity index (χ3v) is 8.67. The number of hydrogen-bond acceptors (Lipinski definition) is 4. The van der Waals surface area contributed by atoms with E-state index in [0.717, 1.165) is 28.0 Å². The van der Waals surface area contributed by atoms with Crippen LogP contribution in [0.5, 0.6) is 0 Å². The molecule has 0 radical (unpaired) electrons. The van der Waals surface area contributed by atoms with Crippen LogP contribution in [0.15, 0.2) is 175 Å². The van der Waals surface area contributed by atoms with Gasteiger partial charge in [0.05, 0.1) is 11.4 Å². The lowest BCUT2D eigenvalue weighted by Gasteiger charge is -2.19. The molecule has 4 nitrogen and oxygen atoms in total. The first-order valence-corrected chi connectivity index (χ1v) is 15.7. The van der Waals surface area contributed by atoms with Gasteiger partial charge in [-0.25, -0.2) is 0 Å². The molecule has 1 aliphatic carbocycles. The van der Waals surface area contributed by atoms with Crippen molar-refractivity contribution in [3.05, 3.63) is 176 Å². The van der Waals surface area contributed by atoms with E-state index >= 15 is 0 Å². The normalized spacial score (nSPS) is 13.7. The summed E-state index contributed by atoms with van der Waals surface area (Å²) in [5, 5.41) is 18.1. The Bertz CT molecular complexity index is 2350. The average molecular weight is 603 g/mol. The minimum absolute atomic E-state index is 0.358. The molecule has 0 fully saturated rings. The number of allylic oxidation sites excluding steroid dienone is 4. The number of nitrogens with zero attached hydrogens (tertiary/aromatic N) is 2. The lowest BCUT2D eigenvalue weighted by Crippen LogP contribution is -2.13. The minimum Gasteiger partial charge on any atom is -0.299 e. The largest absolute Gasteiger partial charge is 0.299 e. The Morgan fingerprint density at radius 1 is 0.511 bits per heavy atom. The summed E-state index contributed by atoms with van der Waals surface area (Å²) in [4.78, 5) is 4.22. The van der Waals surface area contributed by atoms with Crippen molar-refractivity contribution in [2.75, 3.05) is 5.43 Å². The summed E-state index contributed by atoms with van der Waals surface area (Å²) < 4.78 is 0. The second kappa shape index (κ2) is 12.2. The van der Waals surface area contributed by atoms with Crippen LogP contribution in [0.2, 0.25) is 0 Å². The molecule has 2 N–H and O–H groups in total. The Hall–Kier alpha value is -6.39. The molecule has 47 heavy (non-hydrogen) atoms. The topological polar surface area (TPSA) is 61.1 Å². The molecule has 0 saturated carbocycles. The highest BCUT2D eigenvalue weighted by atomic mass is 15.3. The number of hydrogen-bond donors (Lipinski definition) is 2. The van der Waals surface area contributed by atoms with Crippen molar-refractivity contribution in [1.29, 1.82) is 5.41 Å². The van der Waals surface area contributed by atoms with E-state index in [2.05, 4.69) is 119 Å². The van der Waals surface area contributed by atoms with E-state index < -0.39 is 0 Å². The second-order valence-electron chi connectivity index (χ2n) is 11.6. The van der Waals surface area contributed by atoms with Crippen LogP contribution in [0.1, 0.15) is 5.56 Å². The Balaban J connectivity index is 1.22. The maximum atomic E-state index is 8.59. The summed E-state index contributed by atoms with van der Waals surface area (Å²) in [6, 6.07) is 48.8. The number of pyridine rings is 1. The predicted molar refractivity (Wildman–Crippen MR) is 198 cm³/mol. The minimum atomic E-state index is 0.358. The fourth-order valence-corrected chi connectivity index (χ4v) is 6.39. The number of benzene rings is 6. The van der Waals surface area contributed by atoms with E-state index in [1.54, 1.807) is 6.20 Å². The molecule has 4 heteroatoms. The molecular formula is C43H30N4. The molecule has 8 rings (SSSR count). The van der Waals surface area contributed by atoms with Crippen LogP contribution in [-0.4, -0.2) is 16.4 Å². The van der Waals surface area contributed by atoms with Gasteiger partial charge in [0.25, 0.3) is 0 Å². The Morgan fingerprint density at radius 2 is 1.11 bits per heavy atom. The zero-order valence-corrected chi connectivity index (χ0v) is 25.6. The van der Waals surface area contributed by atoms with E-state index in [4.69, 9.17) is 5.41 Å². The third-order valence-electron chi connectivity index (χ3n) is 8.67. The van der Waals surface area contributed by atoms with Crippen LogP contribution in [0, 0.1) is 5.41 Å². The van der Waals surface area contributed by atoms with Crippen LogP contribution < -0.4 is 5.43 Å². The highest BCUT2D eigenvalue weighted by molar-refractivity contribution is 6.51. The van der Waals surface area contributed by atoms with Gasteiger partial charge in [0, 0.05) is 12.4 Å². The van der Waals surface area contributed by atoms with Crippen LogP contribution in [0.4, 0.5) is 5.69 Å². The van der Waals surface area contributed by atoms with E-state index in [9.17, 15) is 0 Å². The van der Waals surface area contributed by atoms with E-state index in [1.165, 1.54) is 43.8 Å². The molecule has 0 aliphatic heterocycles. The van der Waals surface area contributed by atoms with Crippen molar-refractivity contribution in [3.63, 3.8) is 0 Å². The highest BCUT2D eigenvalue weighted by Crippen LogP contribution is 2.44. The molecule has 1 aromatic heterocycles. The number of nitrogens with one attached hydrogen (secondary N) is 2. The van der Waals surface area contributed by atoms with Gasteiger partial charge in [-0.05, 0) is 102 Å². The number of hydrazone groups is 1. The number of rotatable bonds is 6. The molecule has 7 aromatic rings. The quantitative estimate of drug-likeness (QED) is 0.113. The summed E-state index contributed by atoms with van der Waals surface area (Å²) in [5.41, 5.74) is 14.0. The van der Waals surface area contributed by atoms with Gasteiger partial charge in [-0.15, -0.1) is 0 Å². The molecule has 0 saturated heterocycles. The first kappa shape index (κ1) is 28.1. The molecule has 222 valence electrons. The summed E-state index contributed by atoms with van der Waals surface area (Å²) in [7, 11) is 0. The lowest BCUT2D eigenvalue weighted by molar-refractivity contribution is 1.32. The van der Waals surface area contributed by atoms with Gasteiger partial charge in [0.15, 0.2) is 0 Å². The van der Waals surface area contributed by atoms with E-state index in [-0.39, 0.29) is 0 Å². The van der Waals surface area contributed by atoms with Gasteiger partial charge in [-0.1, -0.05) is 121 Å². The summed E-state index contributed by atoms with van der Waals surface area (Å²) >= 11 is 0. The molecule has 0 spiro atoms. The molecule has 0 amide bonds. The fraction of sp³-hybridized carbons (Fsp3) is 0. The molecule has 0 bridgehead atoms. The average Bonchev–Trinajstić information content (AvgIpc) is 3.14. The molecular weight excluding hydrogens is 573 g/mol. The molecule has 0 atom stereocenters. The van der Waals surface area contributed by atoms with E-state index in [1.807, 2.05) is 60.8 Å². The third kappa shape index (κ3) is 5.43. The van der Waals surface area contributed by atoms with E-state index in [0.29, 0.717) is 11.4 Å². The monoisotopic (exact) mass is 602 g/mol. The molecule has 1 heterocycles. The summed E-state index contributed by atoms with van der Waals surface area (Å²) in [6.45, 7) is 0. The number of aromatic nitrogens is 1. The van der Waals surface area contributed by atoms with Crippen molar-refractivity contribution >= 4 is 44.2 Å². The first-order chi connectivity index (χ1) is 23.2. The second-order valence-corrected chi connectivity index (χ2v) is 11.6. The van der Waals surface area contributed by atoms with Crippen molar-refractivity contribution < 1.29 is 0 Å². The molecule has 1 aliphatic rings. The predicted octanol–water partition coefficient (Wildman–Crippen LogP) is 10.8.